The second-order valence-electron chi connectivity index (χ2n) is 4.04. The maximum absolute atomic E-state index is 11.8. The SMILES string of the molecule is O=C(NC(CO)C(=O)O)c1ccc(-n2cccn2)cc1. The quantitative estimate of drug-likeness (QED) is 0.715. The molecule has 2 aromatic rings. The minimum atomic E-state index is -1.31. The Bertz CT molecular complexity index is 593. The summed E-state index contributed by atoms with van der Waals surface area (Å²) in [6.07, 6.45) is 3.40. The first-order valence-electron chi connectivity index (χ1n) is 5.86. The number of benzene rings is 1. The highest BCUT2D eigenvalue weighted by atomic mass is 16.4. The number of aromatic nitrogens is 2. The van der Waals surface area contributed by atoms with E-state index in [-0.39, 0.29) is 0 Å². The molecule has 1 aromatic heterocycles. The molecule has 7 heteroatoms. The van der Waals surface area contributed by atoms with E-state index in [0.717, 1.165) is 5.69 Å². The third-order valence-electron chi connectivity index (χ3n) is 2.68. The number of rotatable bonds is 5. The summed E-state index contributed by atoms with van der Waals surface area (Å²) in [6, 6.07) is 6.96. The lowest BCUT2D eigenvalue weighted by Gasteiger charge is -2.11. The molecular weight excluding hydrogens is 262 g/mol. The van der Waals surface area contributed by atoms with Gasteiger partial charge in [-0.3, -0.25) is 4.79 Å². The summed E-state index contributed by atoms with van der Waals surface area (Å²) < 4.78 is 1.63. The first kappa shape index (κ1) is 13.8. The molecule has 0 aliphatic carbocycles. The van der Waals surface area contributed by atoms with Crippen LogP contribution in [-0.2, 0) is 4.79 Å². The first-order chi connectivity index (χ1) is 9.61. The van der Waals surface area contributed by atoms with Gasteiger partial charge in [-0.1, -0.05) is 0 Å². The van der Waals surface area contributed by atoms with Gasteiger partial charge in [0.1, 0.15) is 0 Å². The molecule has 1 aromatic carbocycles. The van der Waals surface area contributed by atoms with Crippen molar-refractivity contribution in [3.05, 3.63) is 48.3 Å². The molecule has 0 saturated carbocycles. The van der Waals surface area contributed by atoms with E-state index in [1.165, 1.54) is 0 Å². The van der Waals surface area contributed by atoms with Gasteiger partial charge in [-0.15, -0.1) is 0 Å². The third-order valence-corrected chi connectivity index (χ3v) is 2.68. The number of carboxylic acid groups (broad SMARTS) is 1. The van der Waals surface area contributed by atoms with Crippen molar-refractivity contribution in [1.29, 1.82) is 0 Å². The zero-order valence-electron chi connectivity index (χ0n) is 10.4. The summed E-state index contributed by atoms with van der Waals surface area (Å²) in [6.45, 7) is -0.660. The Morgan fingerprint density at radius 2 is 2.00 bits per heavy atom. The van der Waals surface area contributed by atoms with E-state index in [2.05, 4.69) is 10.4 Å². The van der Waals surface area contributed by atoms with Crippen LogP contribution in [0.3, 0.4) is 0 Å². The number of aliphatic hydroxyl groups is 1. The van der Waals surface area contributed by atoms with Crippen LogP contribution < -0.4 is 5.32 Å². The summed E-state index contributed by atoms with van der Waals surface area (Å²) in [5.41, 5.74) is 1.09. The monoisotopic (exact) mass is 275 g/mol. The standard InChI is InChI=1S/C13H13N3O4/c17-8-11(13(19)20)15-12(18)9-2-4-10(5-3-9)16-7-1-6-14-16/h1-7,11,17H,8H2,(H,15,18)(H,19,20). The van der Waals surface area contributed by atoms with Crippen molar-refractivity contribution >= 4 is 11.9 Å². The van der Waals surface area contributed by atoms with E-state index in [1.807, 2.05) is 0 Å². The van der Waals surface area contributed by atoms with Gasteiger partial charge < -0.3 is 15.5 Å². The molecule has 1 heterocycles. The molecule has 0 spiro atoms. The topological polar surface area (TPSA) is 104 Å². The molecule has 1 atom stereocenters. The van der Waals surface area contributed by atoms with Crippen LogP contribution >= 0.6 is 0 Å². The van der Waals surface area contributed by atoms with Crippen LogP contribution in [0.15, 0.2) is 42.7 Å². The summed E-state index contributed by atoms with van der Waals surface area (Å²) in [4.78, 5) is 22.5. The number of carbonyl (C=O) groups excluding carboxylic acids is 1. The average molecular weight is 275 g/mol. The van der Waals surface area contributed by atoms with Gasteiger partial charge >= 0.3 is 5.97 Å². The van der Waals surface area contributed by atoms with Crippen LogP contribution in [0.2, 0.25) is 0 Å². The number of aliphatic carboxylic acids is 1. The Morgan fingerprint density at radius 3 is 2.50 bits per heavy atom. The Labute approximate surface area is 114 Å². The number of nitrogens with zero attached hydrogens (tertiary/aromatic N) is 2. The van der Waals surface area contributed by atoms with E-state index in [1.54, 1.807) is 47.4 Å². The van der Waals surface area contributed by atoms with Crippen LogP contribution in [0.5, 0.6) is 0 Å². The third kappa shape index (κ3) is 3.01. The van der Waals surface area contributed by atoms with Crippen molar-refractivity contribution in [2.45, 2.75) is 6.04 Å². The van der Waals surface area contributed by atoms with E-state index < -0.39 is 24.5 Å². The van der Waals surface area contributed by atoms with Gasteiger partial charge in [-0.2, -0.15) is 5.10 Å². The second kappa shape index (κ2) is 5.98. The lowest BCUT2D eigenvalue weighted by Crippen LogP contribution is -2.43. The number of carboxylic acids is 1. The molecule has 0 fully saturated rings. The van der Waals surface area contributed by atoms with Gasteiger partial charge in [0.05, 0.1) is 12.3 Å². The van der Waals surface area contributed by atoms with E-state index in [4.69, 9.17) is 10.2 Å². The highest BCUT2D eigenvalue weighted by molar-refractivity contribution is 5.96. The second-order valence-corrected chi connectivity index (χ2v) is 4.04. The van der Waals surface area contributed by atoms with Crippen LogP contribution in [-0.4, -0.2) is 44.5 Å². The predicted molar refractivity (Wildman–Crippen MR) is 69.5 cm³/mol. The highest BCUT2D eigenvalue weighted by Gasteiger charge is 2.19. The maximum atomic E-state index is 11.8. The molecule has 0 radical (unpaired) electrons. The Balaban J connectivity index is 2.10. The zero-order chi connectivity index (χ0) is 14.5. The Morgan fingerprint density at radius 1 is 1.30 bits per heavy atom. The summed E-state index contributed by atoms with van der Waals surface area (Å²) in [5.74, 6) is -1.84. The fourth-order valence-corrected chi connectivity index (χ4v) is 1.61. The van der Waals surface area contributed by atoms with Crippen molar-refractivity contribution < 1.29 is 19.8 Å². The highest BCUT2D eigenvalue weighted by Crippen LogP contribution is 2.08. The molecular formula is C13H13N3O4. The predicted octanol–water partition coefficient (Wildman–Crippen LogP) is 0.0476. The average Bonchev–Trinajstić information content (AvgIpc) is 2.98. The van der Waals surface area contributed by atoms with E-state index >= 15 is 0 Å². The fraction of sp³-hybridized carbons (Fsp3) is 0.154. The molecule has 2 rings (SSSR count). The lowest BCUT2D eigenvalue weighted by atomic mass is 10.2. The molecule has 0 saturated heterocycles. The lowest BCUT2D eigenvalue weighted by molar-refractivity contribution is -0.140. The van der Waals surface area contributed by atoms with E-state index in [9.17, 15) is 9.59 Å². The summed E-state index contributed by atoms with van der Waals surface area (Å²) in [7, 11) is 0. The van der Waals surface area contributed by atoms with Gasteiger partial charge in [-0.25, -0.2) is 9.48 Å². The number of amides is 1. The zero-order valence-corrected chi connectivity index (χ0v) is 10.4. The number of hydrogen-bond donors (Lipinski definition) is 3. The molecule has 0 bridgehead atoms. The van der Waals surface area contributed by atoms with Crippen LogP contribution in [0, 0.1) is 0 Å². The Kier molecular flexibility index (Phi) is 4.11. The molecule has 0 aliphatic heterocycles. The first-order valence-corrected chi connectivity index (χ1v) is 5.86. The molecule has 0 aliphatic rings. The largest absolute Gasteiger partial charge is 0.480 e. The molecule has 104 valence electrons. The minimum absolute atomic E-state index is 0.306. The van der Waals surface area contributed by atoms with E-state index in [0.29, 0.717) is 5.56 Å². The normalized spacial score (nSPS) is 11.8. The Hall–Kier alpha value is -2.67. The van der Waals surface area contributed by atoms with Crippen LogP contribution in [0.1, 0.15) is 10.4 Å². The van der Waals surface area contributed by atoms with Crippen molar-refractivity contribution in [3.8, 4) is 5.69 Å². The molecule has 1 amide bonds. The van der Waals surface area contributed by atoms with Gasteiger partial charge in [0, 0.05) is 18.0 Å². The van der Waals surface area contributed by atoms with Crippen molar-refractivity contribution in [1.82, 2.24) is 15.1 Å². The summed E-state index contributed by atoms with van der Waals surface area (Å²) >= 11 is 0. The van der Waals surface area contributed by atoms with Gasteiger partial charge in [0.2, 0.25) is 0 Å². The molecule has 20 heavy (non-hydrogen) atoms. The van der Waals surface area contributed by atoms with Crippen molar-refractivity contribution in [2.24, 2.45) is 0 Å². The number of carbonyl (C=O) groups is 2. The fourth-order valence-electron chi connectivity index (χ4n) is 1.61. The van der Waals surface area contributed by atoms with Gasteiger partial charge in [-0.05, 0) is 30.3 Å². The van der Waals surface area contributed by atoms with Gasteiger partial charge in [0.15, 0.2) is 6.04 Å². The summed E-state index contributed by atoms with van der Waals surface area (Å²) in [5, 5.41) is 23.9. The van der Waals surface area contributed by atoms with Crippen molar-refractivity contribution in [2.75, 3.05) is 6.61 Å². The molecule has 3 N–H and O–H groups in total. The number of aliphatic hydroxyl groups excluding tert-OH is 1. The number of hydrogen-bond acceptors (Lipinski definition) is 4. The van der Waals surface area contributed by atoms with Crippen molar-refractivity contribution in [3.63, 3.8) is 0 Å². The minimum Gasteiger partial charge on any atom is -0.480 e. The van der Waals surface area contributed by atoms with Crippen LogP contribution in [0.25, 0.3) is 5.69 Å². The van der Waals surface area contributed by atoms with Gasteiger partial charge in [0.25, 0.3) is 5.91 Å². The number of nitrogens with one attached hydrogen (secondary N) is 1. The smallest absolute Gasteiger partial charge is 0.328 e. The molecule has 7 nitrogen and oxygen atoms in total. The molecule has 1 unspecified atom stereocenters. The maximum Gasteiger partial charge on any atom is 0.328 e. The van der Waals surface area contributed by atoms with Crippen LogP contribution in [0.4, 0.5) is 0 Å².